The average molecular weight is 840 g/mol. The molecule has 15 heteroatoms. The summed E-state index contributed by atoms with van der Waals surface area (Å²) >= 11 is 8.50. The van der Waals surface area contributed by atoms with E-state index in [9.17, 15) is 19.5 Å². The van der Waals surface area contributed by atoms with Gasteiger partial charge in [-0.15, -0.1) is 11.3 Å². The minimum atomic E-state index is -0.332. The van der Waals surface area contributed by atoms with Crippen LogP contribution in [0.3, 0.4) is 0 Å². The lowest BCUT2D eigenvalue weighted by molar-refractivity contribution is -0.133. The second-order valence-electron chi connectivity index (χ2n) is 15.7. The number of rotatable bonds is 19. The quantitative estimate of drug-likeness (QED) is 0.104. The Bertz CT molecular complexity index is 1870. The first-order valence-corrected chi connectivity index (χ1v) is 21.8. The fourth-order valence-electron chi connectivity index (χ4n) is 7.81. The van der Waals surface area contributed by atoms with Crippen LogP contribution >= 0.6 is 22.9 Å². The summed E-state index contributed by atoms with van der Waals surface area (Å²) in [4.78, 5) is 48.9. The van der Waals surface area contributed by atoms with Gasteiger partial charge in [0.25, 0.3) is 11.8 Å². The predicted octanol–water partition coefficient (Wildman–Crippen LogP) is 6.30. The lowest BCUT2D eigenvalue weighted by Crippen LogP contribution is -2.58. The van der Waals surface area contributed by atoms with E-state index in [1.54, 1.807) is 24.5 Å². The number of amides is 3. The number of aromatic nitrogens is 1. The molecule has 13 nitrogen and oxygen atoms in total. The third-order valence-corrected chi connectivity index (χ3v) is 12.8. The van der Waals surface area contributed by atoms with Crippen molar-refractivity contribution < 1.29 is 38.4 Å². The molecule has 2 saturated heterocycles. The van der Waals surface area contributed by atoms with Crippen LogP contribution in [0.15, 0.2) is 35.7 Å². The molecule has 1 aromatic heterocycles. The highest BCUT2D eigenvalue weighted by Crippen LogP contribution is 2.40. The molecule has 0 saturated carbocycles. The number of fused-ring (bicyclic) bond motifs is 1. The van der Waals surface area contributed by atoms with Gasteiger partial charge in [-0.25, -0.2) is 4.98 Å². The fourth-order valence-corrected chi connectivity index (χ4v) is 8.90. The van der Waals surface area contributed by atoms with E-state index < -0.39 is 0 Å². The molecule has 4 heterocycles. The Labute approximate surface area is 350 Å². The van der Waals surface area contributed by atoms with Gasteiger partial charge in [-0.1, -0.05) is 56.1 Å². The number of phenols is 1. The molecule has 0 bridgehead atoms. The number of methoxy groups -OCH3 is 1. The molecule has 0 aliphatic carbocycles. The Morgan fingerprint density at radius 3 is 2.62 bits per heavy atom. The number of anilines is 1. The van der Waals surface area contributed by atoms with Gasteiger partial charge in [0.2, 0.25) is 5.91 Å². The molecule has 2 aromatic carbocycles. The number of unbranched alkanes of at least 4 members (excludes halogenated alkanes) is 2. The summed E-state index contributed by atoms with van der Waals surface area (Å²) in [5.41, 5.74) is 3.58. The number of halogens is 1. The van der Waals surface area contributed by atoms with Gasteiger partial charge in [0.1, 0.15) is 17.1 Å². The zero-order valence-electron chi connectivity index (χ0n) is 34.1. The largest absolute Gasteiger partial charge is 0.506 e. The van der Waals surface area contributed by atoms with Gasteiger partial charge in [0.05, 0.1) is 50.0 Å². The monoisotopic (exact) mass is 839 g/mol. The first-order valence-electron chi connectivity index (χ1n) is 20.5. The molecule has 3 aliphatic rings. The Balaban J connectivity index is 0.892. The molecular formula is C43H58ClN5O8S. The topological polar surface area (TPSA) is 143 Å². The zero-order chi connectivity index (χ0) is 41.1. The molecule has 2 N–H and O–H groups in total. The molecule has 3 aliphatic heterocycles. The van der Waals surface area contributed by atoms with E-state index >= 15 is 0 Å². The number of benzene rings is 2. The summed E-state index contributed by atoms with van der Waals surface area (Å²) in [7, 11) is 1.63. The maximum absolute atomic E-state index is 13.3. The van der Waals surface area contributed by atoms with Gasteiger partial charge in [0, 0.05) is 62.7 Å². The van der Waals surface area contributed by atoms with E-state index in [0.29, 0.717) is 82.1 Å². The van der Waals surface area contributed by atoms with Gasteiger partial charge in [-0.2, -0.15) is 0 Å². The minimum Gasteiger partial charge on any atom is -0.506 e. The third kappa shape index (κ3) is 11.5. The van der Waals surface area contributed by atoms with Crippen LogP contribution in [0.1, 0.15) is 90.5 Å². The molecule has 0 atom stereocenters. The van der Waals surface area contributed by atoms with Crippen LogP contribution in [0.25, 0.3) is 0 Å². The molecule has 316 valence electrons. The van der Waals surface area contributed by atoms with Crippen LogP contribution in [0.2, 0.25) is 5.02 Å². The number of carbonyl (C=O) groups excluding carboxylic acids is 3. The first-order chi connectivity index (χ1) is 28.1. The summed E-state index contributed by atoms with van der Waals surface area (Å²) in [6.07, 6.45) is 5.97. The highest BCUT2D eigenvalue weighted by atomic mass is 35.5. The highest BCUT2D eigenvalue weighted by molar-refractivity contribution is 7.09. The molecule has 0 radical (unpaired) electrons. The fraction of sp³-hybridized carbons (Fsp3) is 0.581. The Kier molecular flexibility index (Phi) is 15.8. The summed E-state index contributed by atoms with van der Waals surface area (Å²) in [5.74, 6) is 0.576. The van der Waals surface area contributed by atoms with Crippen LogP contribution < -0.4 is 10.1 Å². The number of aryl methyl sites for hydroxylation is 1. The van der Waals surface area contributed by atoms with Gasteiger partial charge < -0.3 is 39.2 Å². The number of phenolic OH excluding ortho intramolecular Hbond substituents is 1. The summed E-state index contributed by atoms with van der Waals surface area (Å²) < 4.78 is 23.2. The summed E-state index contributed by atoms with van der Waals surface area (Å²) in [6.45, 7) is 10.7. The number of aromatic hydroxyl groups is 1. The minimum absolute atomic E-state index is 0.00272. The van der Waals surface area contributed by atoms with Crippen LogP contribution in [0.5, 0.6) is 11.5 Å². The molecule has 6 rings (SSSR count). The maximum atomic E-state index is 13.3. The van der Waals surface area contributed by atoms with E-state index in [4.69, 9.17) is 30.5 Å². The number of hydrogen-bond acceptors (Lipinski definition) is 11. The van der Waals surface area contributed by atoms with Crippen molar-refractivity contribution in [2.24, 2.45) is 0 Å². The van der Waals surface area contributed by atoms with E-state index in [1.807, 2.05) is 33.4 Å². The van der Waals surface area contributed by atoms with Gasteiger partial charge >= 0.3 is 0 Å². The Hall–Kier alpha value is -3.79. The Morgan fingerprint density at radius 2 is 1.84 bits per heavy atom. The molecule has 0 unspecified atom stereocenters. The van der Waals surface area contributed by atoms with Crippen molar-refractivity contribution in [3.8, 4) is 11.5 Å². The molecule has 2 fully saturated rings. The molecule has 3 aromatic rings. The van der Waals surface area contributed by atoms with E-state index in [2.05, 4.69) is 35.1 Å². The van der Waals surface area contributed by atoms with Crippen molar-refractivity contribution in [1.82, 2.24) is 19.7 Å². The number of likely N-dealkylation sites (tertiary alicyclic amines) is 1. The number of thiazole rings is 1. The van der Waals surface area contributed by atoms with Crippen LogP contribution in [-0.2, 0) is 43.2 Å². The summed E-state index contributed by atoms with van der Waals surface area (Å²) in [5, 5.41) is 16.4. The number of piperidine rings is 1. The van der Waals surface area contributed by atoms with E-state index in [0.717, 1.165) is 84.9 Å². The molecule has 1 spiro atoms. The van der Waals surface area contributed by atoms with Crippen molar-refractivity contribution in [3.05, 3.63) is 68.1 Å². The lowest BCUT2D eigenvalue weighted by Gasteiger charge is -2.47. The number of ether oxygens (including phenoxy) is 4. The van der Waals surface area contributed by atoms with Crippen LogP contribution in [0, 0.1) is 0 Å². The number of hydrogen-bond donors (Lipinski definition) is 2. The normalized spacial score (nSPS) is 16.6. The van der Waals surface area contributed by atoms with Gasteiger partial charge in [0.15, 0.2) is 12.4 Å². The second-order valence-corrected chi connectivity index (χ2v) is 17.0. The smallest absolute Gasteiger partial charge is 0.273 e. The second kappa shape index (κ2) is 20.9. The number of morpholine rings is 1. The van der Waals surface area contributed by atoms with Crippen molar-refractivity contribution in [3.63, 3.8) is 0 Å². The van der Waals surface area contributed by atoms with Gasteiger partial charge in [-0.3, -0.25) is 19.3 Å². The van der Waals surface area contributed by atoms with Gasteiger partial charge in [-0.05, 0) is 61.3 Å². The predicted molar refractivity (Wildman–Crippen MR) is 224 cm³/mol. The van der Waals surface area contributed by atoms with Crippen LogP contribution in [-0.4, -0.2) is 128 Å². The number of carbonyl (C=O) groups is 3. The SMILES string of the molecule is COCCN(CCCCCc1ccc(O)c2c1OCC(=O)N2)C(=O)CCOCCc1cccc(CN2CCC3(CC2)CN(C(=O)c2csc(C(C)C)n2)CCO3)c1Cl. The molecule has 3 amide bonds. The van der Waals surface area contributed by atoms with Crippen LogP contribution in [0.4, 0.5) is 5.69 Å². The third-order valence-electron chi connectivity index (χ3n) is 11.2. The van der Waals surface area contributed by atoms with E-state index in [-0.39, 0.29) is 42.1 Å². The van der Waals surface area contributed by atoms with Crippen molar-refractivity contribution in [1.29, 1.82) is 0 Å². The van der Waals surface area contributed by atoms with E-state index in [1.165, 1.54) is 0 Å². The molecule has 58 heavy (non-hydrogen) atoms. The summed E-state index contributed by atoms with van der Waals surface area (Å²) in [6, 6.07) is 9.56. The van der Waals surface area contributed by atoms with Crippen molar-refractivity contribution in [2.45, 2.75) is 83.3 Å². The zero-order valence-corrected chi connectivity index (χ0v) is 35.6. The maximum Gasteiger partial charge on any atom is 0.273 e. The first kappa shape index (κ1) is 43.8. The molecular weight excluding hydrogens is 782 g/mol. The van der Waals surface area contributed by atoms with Crippen molar-refractivity contribution in [2.75, 3.05) is 84.7 Å². The number of nitrogens with zero attached hydrogens (tertiary/aromatic N) is 4. The highest BCUT2D eigenvalue weighted by Gasteiger charge is 2.41. The average Bonchev–Trinajstić information content (AvgIpc) is 3.73. The standard InChI is InChI=1S/C43H58ClN5O8S/c1-30(2)41-45-34(28-58-41)42(53)49-21-25-57-43(29-49)15-18-47(19-16-43)26-33-10-7-9-31(38(33)44)13-22-55-23-14-37(52)48(20-24-54-3)17-6-4-5-8-32-11-12-35(50)39-40(32)56-27-36(51)46-39/h7,9-12,28,30,50H,4-6,8,13-27,29H2,1-3H3,(H,46,51). The van der Waals surface area contributed by atoms with Crippen molar-refractivity contribution >= 4 is 46.3 Å². The number of nitrogens with one attached hydrogen (secondary N) is 1. The lowest BCUT2D eigenvalue weighted by atomic mass is 9.89. The Morgan fingerprint density at radius 1 is 1.03 bits per heavy atom.